The quantitative estimate of drug-likeness (QED) is 0.661. The first-order chi connectivity index (χ1) is 8.01. The smallest absolute Gasteiger partial charge is 0.235 e. The zero-order valence-electron chi connectivity index (χ0n) is 10.6. The van der Waals surface area contributed by atoms with E-state index in [1.54, 1.807) is 6.92 Å². The molecule has 1 saturated carbocycles. The molecular weight excluding hydrogens is 218 g/mol. The first-order valence-corrected chi connectivity index (χ1v) is 6.03. The van der Waals surface area contributed by atoms with Crippen LogP contribution in [0.25, 0.3) is 0 Å². The summed E-state index contributed by atoms with van der Waals surface area (Å²) in [5.74, 6) is 0.181. The molecule has 1 aliphatic carbocycles. The lowest BCUT2D eigenvalue weighted by Crippen LogP contribution is -2.49. The van der Waals surface area contributed by atoms with Crippen molar-refractivity contribution in [1.29, 1.82) is 5.26 Å². The van der Waals surface area contributed by atoms with Crippen LogP contribution in [0.3, 0.4) is 0 Å². The molecule has 1 unspecified atom stereocenters. The molecule has 17 heavy (non-hydrogen) atoms. The molecule has 5 heteroatoms. The number of likely N-dealkylation sites (N-methyl/N-ethyl adjacent to an activating group) is 1. The number of nitrogens with one attached hydrogen (secondary N) is 1. The standard InChI is InChI=1S/C12H21N3O2/c1-12(9-13,10-4-5-10)14-11(17)8-15(2)6-3-7-16/h10,16H,3-8H2,1-2H3,(H,14,17). The lowest BCUT2D eigenvalue weighted by atomic mass is 9.98. The summed E-state index contributed by atoms with van der Waals surface area (Å²) in [5, 5.41) is 20.6. The number of rotatable bonds is 7. The van der Waals surface area contributed by atoms with Gasteiger partial charge in [0.05, 0.1) is 12.6 Å². The van der Waals surface area contributed by atoms with E-state index in [0.717, 1.165) is 12.8 Å². The first kappa shape index (κ1) is 13.9. The van der Waals surface area contributed by atoms with Gasteiger partial charge in [0.2, 0.25) is 5.91 Å². The lowest BCUT2D eigenvalue weighted by molar-refractivity contribution is -0.123. The van der Waals surface area contributed by atoms with Crippen molar-refractivity contribution in [2.45, 2.75) is 31.7 Å². The van der Waals surface area contributed by atoms with Crippen LogP contribution in [0, 0.1) is 17.2 Å². The molecule has 0 saturated heterocycles. The summed E-state index contributed by atoms with van der Waals surface area (Å²) in [5.41, 5.74) is -0.713. The van der Waals surface area contributed by atoms with Gasteiger partial charge in [-0.25, -0.2) is 0 Å². The fraction of sp³-hybridized carbons (Fsp3) is 0.833. The number of hydrogen-bond acceptors (Lipinski definition) is 4. The fourth-order valence-electron chi connectivity index (χ4n) is 1.88. The van der Waals surface area contributed by atoms with Gasteiger partial charge in [0.15, 0.2) is 0 Å². The van der Waals surface area contributed by atoms with Gasteiger partial charge in [0.1, 0.15) is 5.54 Å². The zero-order chi connectivity index (χ0) is 12.9. The van der Waals surface area contributed by atoms with Crippen LogP contribution in [-0.4, -0.2) is 48.2 Å². The van der Waals surface area contributed by atoms with Gasteiger partial charge in [-0.15, -0.1) is 0 Å². The van der Waals surface area contributed by atoms with Crippen molar-refractivity contribution in [3.63, 3.8) is 0 Å². The Balaban J connectivity index is 2.35. The highest BCUT2D eigenvalue weighted by Crippen LogP contribution is 2.39. The number of carbonyl (C=O) groups is 1. The summed E-state index contributed by atoms with van der Waals surface area (Å²) in [6.07, 6.45) is 2.69. The van der Waals surface area contributed by atoms with Crippen LogP contribution in [-0.2, 0) is 4.79 Å². The summed E-state index contributed by atoms with van der Waals surface area (Å²) < 4.78 is 0. The predicted octanol–water partition coefficient (Wildman–Crippen LogP) is 0.109. The van der Waals surface area contributed by atoms with Crippen molar-refractivity contribution >= 4 is 5.91 Å². The monoisotopic (exact) mass is 239 g/mol. The molecule has 96 valence electrons. The molecule has 0 heterocycles. The largest absolute Gasteiger partial charge is 0.396 e. The summed E-state index contributed by atoms with van der Waals surface area (Å²) in [4.78, 5) is 13.6. The zero-order valence-corrected chi connectivity index (χ0v) is 10.6. The van der Waals surface area contributed by atoms with Gasteiger partial charge in [-0.3, -0.25) is 9.69 Å². The predicted molar refractivity (Wildman–Crippen MR) is 64.1 cm³/mol. The second-order valence-corrected chi connectivity index (χ2v) is 4.95. The SMILES string of the molecule is CN(CCCO)CC(=O)NC(C)(C#N)C1CC1. The van der Waals surface area contributed by atoms with E-state index in [0.29, 0.717) is 18.9 Å². The molecule has 1 amide bonds. The lowest BCUT2D eigenvalue weighted by Gasteiger charge is -2.24. The molecule has 0 aromatic rings. The minimum Gasteiger partial charge on any atom is -0.396 e. The number of aliphatic hydroxyl groups is 1. The van der Waals surface area contributed by atoms with Gasteiger partial charge in [0, 0.05) is 13.2 Å². The number of aliphatic hydroxyl groups excluding tert-OH is 1. The van der Waals surface area contributed by atoms with Gasteiger partial charge in [0.25, 0.3) is 0 Å². The molecule has 0 radical (unpaired) electrons. The molecule has 5 nitrogen and oxygen atoms in total. The Morgan fingerprint density at radius 2 is 2.29 bits per heavy atom. The minimum absolute atomic E-state index is 0.124. The Bertz CT molecular complexity index is 309. The maximum Gasteiger partial charge on any atom is 0.235 e. The molecule has 0 aromatic heterocycles. The molecular formula is C12H21N3O2. The highest BCUT2D eigenvalue weighted by molar-refractivity contribution is 5.79. The Morgan fingerprint density at radius 3 is 2.76 bits per heavy atom. The Morgan fingerprint density at radius 1 is 1.65 bits per heavy atom. The Kier molecular flexibility index (Phi) is 4.91. The third kappa shape index (κ3) is 4.33. The van der Waals surface area contributed by atoms with Crippen LogP contribution < -0.4 is 5.32 Å². The van der Waals surface area contributed by atoms with E-state index in [-0.39, 0.29) is 19.1 Å². The van der Waals surface area contributed by atoms with Crippen molar-refractivity contribution < 1.29 is 9.90 Å². The van der Waals surface area contributed by atoms with Crippen molar-refractivity contribution in [2.75, 3.05) is 26.7 Å². The number of nitriles is 1. The normalized spacial score (nSPS) is 18.5. The Hall–Kier alpha value is -1.12. The molecule has 1 fully saturated rings. The molecule has 0 aromatic carbocycles. The Labute approximate surface area is 102 Å². The second-order valence-electron chi connectivity index (χ2n) is 4.95. The maximum absolute atomic E-state index is 11.8. The molecule has 1 aliphatic rings. The minimum atomic E-state index is -0.713. The molecule has 1 atom stereocenters. The van der Waals surface area contributed by atoms with Gasteiger partial charge < -0.3 is 10.4 Å². The summed E-state index contributed by atoms with van der Waals surface area (Å²) in [6.45, 7) is 2.86. The van der Waals surface area contributed by atoms with Crippen LogP contribution in [0.2, 0.25) is 0 Å². The van der Waals surface area contributed by atoms with Gasteiger partial charge in [-0.1, -0.05) is 0 Å². The first-order valence-electron chi connectivity index (χ1n) is 6.03. The van der Waals surface area contributed by atoms with Crippen molar-refractivity contribution in [3.8, 4) is 6.07 Å². The van der Waals surface area contributed by atoms with Crippen molar-refractivity contribution in [3.05, 3.63) is 0 Å². The van der Waals surface area contributed by atoms with Crippen LogP contribution in [0.4, 0.5) is 0 Å². The third-order valence-electron chi connectivity index (χ3n) is 3.14. The van der Waals surface area contributed by atoms with Crippen LogP contribution >= 0.6 is 0 Å². The topological polar surface area (TPSA) is 76.4 Å². The van der Waals surface area contributed by atoms with E-state index in [1.165, 1.54) is 0 Å². The van der Waals surface area contributed by atoms with Crippen molar-refractivity contribution in [1.82, 2.24) is 10.2 Å². The van der Waals surface area contributed by atoms with E-state index in [1.807, 2.05) is 11.9 Å². The highest BCUT2D eigenvalue weighted by atomic mass is 16.3. The van der Waals surface area contributed by atoms with E-state index in [9.17, 15) is 4.79 Å². The maximum atomic E-state index is 11.8. The van der Waals surface area contributed by atoms with Gasteiger partial charge in [-0.05, 0) is 39.2 Å². The third-order valence-corrected chi connectivity index (χ3v) is 3.14. The van der Waals surface area contributed by atoms with E-state index in [4.69, 9.17) is 10.4 Å². The number of hydrogen-bond donors (Lipinski definition) is 2. The molecule has 2 N–H and O–H groups in total. The average molecular weight is 239 g/mol. The molecule has 0 aliphatic heterocycles. The summed E-state index contributed by atoms with van der Waals surface area (Å²) in [6, 6.07) is 2.20. The molecule has 1 rings (SSSR count). The van der Waals surface area contributed by atoms with Gasteiger partial charge in [-0.2, -0.15) is 5.26 Å². The fourth-order valence-corrected chi connectivity index (χ4v) is 1.88. The average Bonchev–Trinajstić information content (AvgIpc) is 3.09. The molecule has 0 spiro atoms. The van der Waals surface area contributed by atoms with Crippen LogP contribution in [0.15, 0.2) is 0 Å². The number of carbonyl (C=O) groups excluding carboxylic acids is 1. The van der Waals surface area contributed by atoms with Gasteiger partial charge >= 0.3 is 0 Å². The van der Waals surface area contributed by atoms with Crippen molar-refractivity contribution in [2.24, 2.45) is 5.92 Å². The van der Waals surface area contributed by atoms with E-state index >= 15 is 0 Å². The number of nitrogens with zero attached hydrogens (tertiary/aromatic N) is 2. The summed E-state index contributed by atoms with van der Waals surface area (Å²) >= 11 is 0. The van der Waals surface area contributed by atoms with Crippen LogP contribution in [0.1, 0.15) is 26.2 Å². The van der Waals surface area contributed by atoms with E-state index < -0.39 is 5.54 Å². The number of amides is 1. The van der Waals surface area contributed by atoms with E-state index in [2.05, 4.69) is 11.4 Å². The molecule has 0 bridgehead atoms. The van der Waals surface area contributed by atoms with Crippen LogP contribution in [0.5, 0.6) is 0 Å². The highest BCUT2D eigenvalue weighted by Gasteiger charge is 2.42. The second kappa shape index (κ2) is 5.99. The summed E-state index contributed by atoms with van der Waals surface area (Å²) in [7, 11) is 1.83.